The second kappa shape index (κ2) is 58.4. The molecule has 504 valence electrons. The van der Waals surface area contributed by atoms with E-state index in [0.717, 1.165) is 102 Å². The molecule has 0 saturated carbocycles. The molecule has 0 aliphatic carbocycles. The molecule has 2 unspecified atom stereocenters. The van der Waals surface area contributed by atoms with Gasteiger partial charge in [0.05, 0.1) is 26.4 Å². The number of carbonyl (C=O) groups excluding carboxylic acids is 4. The van der Waals surface area contributed by atoms with Crippen molar-refractivity contribution in [2.45, 2.75) is 349 Å². The van der Waals surface area contributed by atoms with Crippen molar-refractivity contribution in [3.05, 3.63) is 0 Å². The Kier molecular flexibility index (Phi) is 57.1. The van der Waals surface area contributed by atoms with Crippen molar-refractivity contribution in [3.63, 3.8) is 0 Å². The van der Waals surface area contributed by atoms with Crippen molar-refractivity contribution in [1.29, 1.82) is 0 Å². The van der Waals surface area contributed by atoms with E-state index in [0.29, 0.717) is 25.7 Å². The topological polar surface area (TPSA) is 237 Å². The van der Waals surface area contributed by atoms with E-state index in [-0.39, 0.29) is 25.7 Å². The summed E-state index contributed by atoms with van der Waals surface area (Å²) in [4.78, 5) is 72.3. The van der Waals surface area contributed by atoms with Gasteiger partial charge in [0.25, 0.3) is 0 Å². The van der Waals surface area contributed by atoms with Crippen molar-refractivity contribution >= 4 is 39.5 Å². The molecule has 0 bridgehead atoms. The number of unbranched alkanes of at least 4 members (excludes halogenated alkanes) is 35. The lowest BCUT2D eigenvalue weighted by molar-refractivity contribution is -0.161. The van der Waals surface area contributed by atoms with Gasteiger partial charge in [0.15, 0.2) is 12.2 Å². The minimum absolute atomic E-state index is 0.105. The minimum Gasteiger partial charge on any atom is -0.462 e. The highest BCUT2D eigenvalue weighted by molar-refractivity contribution is 7.47. The Morgan fingerprint density at radius 1 is 0.318 bits per heavy atom. The summed E-state index contributed by atoms with van der Waals surface area (Å²) < 4.78 is 68.1. The smallest absolute Gasteiger partial charge is 0.462 e. The second-order valence-electron chi connectivity index (χ2n) is 24.8. The van der Waals surface area contributed by atoms with Gasteiger partial charge in [0.1, 0.15) is 19.3 Å². The first-order valence-corrected chi connectivity index (χ1v) is 37.5. The van der Waals surface area contributed by atoms with Crippen molar-refractivity contribution in [2.75, 3.05) is 39.6 Å². The summed E-state index contributed by atoms with van der Waals surface area (Å²) in [5.41, 5.74) is 0. The normalized spacial score (nSPS) is 14.2. The third kappa shape index (κ3) is 60.7. The maximum Gasteiger partial charge on any atom is 0.472 e. The number of aliphatic hydroxyl groups is 1. The molecule has 3 N–H and O–H groups in total. The van der Waals surface area contributed by atoms with Crippen molar-refractivity contribution in [1.82, 2.24) is 0 Å². The molecule has 19 heteroatoms. The molecule has 0 aromatic heterocycles. The third-order valence-electron chi connectivity index (χ3n) is 15.2. The monoisotopic (exact) mass is 1250 g/mol. The average Bonchev–Trinajstić information content (AvgIpc) is 3.50. The van der Waals surface area contributed by atoms with Gasteiger partial charge in [-0.05, 0) is 37.5 Å². The van der Waals surface area contributed by atoms with Crippen LogP contribution in [0.4, 0.5) is 0 Å². The summed E-state index contributed by atoms with van der Waals surface area (Å²) in [5.74, 6) is -0.667. The molecule has 0 aromatic carbocycles. The Hall–Kier alpha value is -1.94. The van der Waals surface area contributed by atoms with Gasteiger partial charge in [-0.3, -0.25) is 37.3 Å². The van der Waals surface area contributed by atoms with Crippen LogP contribution in [0.15, 0.2) is 0 Å². The van der Waals surface area contributed by atoms with Crippen LogP contribution in [0.1, 0.15) is 330 Å². The zero-order chi connectivity index (χ0) is 62.9. The lowest BCUT2D eigenvalue weighted by Crippen LogP contribution is -2.30. The Bertz CT molecular complexity index is 1670. The fourth-order valence-corrected chi connectivity index (χ4v) is 11.5. The summed E-state index contributed by atoms with van der Waals surface area (Å²) in [6.45, 7) is 9.45. The van der Waals surface area contributed by atoms with Gasteiger partial charge in [0, 0.05) is 25.7 Å². The molecule has 0 rings (SSSR count). The van der Waals surface area contributed by atoms with Crippen LogP contribution in [0, 0.1) is 11.8 Å². The third-order valence-corrected chi connectivity index (χ3v) is 17.1. The molecule has 0 radical (unpaired) electrons. The molecule has 5 atom stereocenters. The van der Waals surface area contributed by atoms with Crippen LogP contribution >= 0.6 is 15.6 Å². The second-order valence-corrected chi connectivity index (χ2v) is 27.7. The zero-order valence-corrected chi connectivity index (χ0v) is 56.7. The largest absolute Gasteiger partial charge is 0.472 e. The van der Waals surface area contributed by atoms with E-state index in [1.807, 2.05) is 0 Å². The van der Waals surface area contributed by atoms with Crippen molar-refractivity contribution in [3.8, 4) is 0 Å². The van der Waals surface area contributed by atoms with Gasteiger partial charge < -0.3 is 33.8 Å². The highest BCUT2D eigenvalue weighted by Gasteiger charge is 2.30. The van der Waals surface area contributed by atoms with Crippen LogP contribution in [0.5, 0.6) is 0 Å². The standard InChI is InChI=1S/C66H128O17P2/c1-7-9-11-13-15-17-19-23-30-36-42-48-63(68)76-54-61(82-65(70)50-44-38-32-24-20-18-16-14-12-10-8-2)56-80-84(72,73)78-52-60(67)53-79-85(74,75)81-57-62(55-77-64(69)49-43-37-31-27-26-29-35-41-47-59(5)6)83-66(71)51-45-39-33-25-21-22-28-34-40-46-58(3)4/h58-62,67H,7-57H2,1-6H3,(H,72,73)(H,74,75)/t60-,61+,62+/m0/s1. The van der Waals surface area contributed by atoms with E-state index in [1.165, 1.54) is 148 Å². The highest BCUT2D eigenvalue weighted by atomic mass is 31.2. The molecular weight excluding hydrogens is 1130 g/mol. The maximum atomic E-state index is 13.0. The lowest BCUT2D eigenvalue weighted by atomic mass is 10.0. The molecule has 0 saturated heterocycles. The Balaban J connectivity index is 5.25. The first-order valence-electron chi connectivity index (χ1n) is 34.5. The zero-order valence-electron chi connectivity index (χ0n) is 54.9. The van der Waals surface area contributed by atoms with Crippen LogP contribution in [-0.2, 0) is 65.4 Å². The summed E-state index contributed by atoms with van der Waals surface area (Å²) in [5, 5.41) is 10.6. The first kappa shape index (κ1) is 83.1. The van der Waals surface area contributed by atoms with Crippen LogP contribution in [0.25, 0.3) is 0 Å². The number of phosphoric acid groups is 2. The van der Waals surface area contributed by atoms with E-state index < -0.39 is 97.5 Å². The minimum atomic E-state index is -4.95. The van der Waals surface area contributed by atoms with Crippen molar-refractivity contribution < 1.29 is 80.2 Å². The molecule has 0 aromatic rings. The lowest BCUT2D eigenvalue weighted by Gasteiger charge is -2.21. The van der Waals surface area contributed by atoms with Gasteiger partial charge in [-0.25, -0.2) is 9.13 Å². The Morgan fingerprint density at radius 2 is 0.541 bits per heavy atom. The van der Waals surface area contributed by atoms with Gasteiger partial charge in [-0.1, -0.05) is 279 Å². The number of esters is 4. The van der Waals surface area contributed by atoms with Gasteiger partial charge >= 0.3 is 39.5 Å². The summed E-state index contributed by atoms with van der Waals surface area (Å²) >= 11 is 0. The number of carbonyl (C=O) groups is 4. The van der Waals surface area contributed by atoms with Crippen LogP contribution < -0.4 is 0 Å². The van der Waals surface area contributed by atoms with Gasteiger partial charge in [-0.2, -0.15) is 0 Å². The number of rotatable bonds is 65. The van der Waals surface area contributed by atoms with E-state index in [1.54, 1.807) is 0 Å². The molecule has 85 heavy (non-hydrogen) atoms. The van der Waals surface area contributed by atoms with Gasteiger partial charge in [0.2, 0.25) is 0 Å². The highest BCUT2D eigenvalue weighted by Crippen LogP contribution is 2.45. The Morgan fingerprint density at radius 3 is 0.800 bits per heavy atom. The predicted octanol–water partition coefficient (Wildman–Crippen LogP) is 18.4. The number of phosphoric ester groups is 2. The quantitative estimate of drug-likeness (QED) is 0.0222. The van der Waals surface area contributed by atoms with E-state index in [2.05, 4.69) is 41.5 Å². The van der Waals surface area contributed by atoms with Crippen molar-refractivity contribution in [2.24, 2.45) is 11.8 Å². The molecular formula is C66H128O17P2. The molecule has 0 spiro atoms. The fourth-order valence-electron chi connectivity index (χ4n) is 9.88. The van der Waals surface area contributed by atoms with E-state index in [9.17, 15) is 43.2 Å². The molecule has 0 fully saturated rings. The molecule has 0 amide bonds. The number of hydrogen-bond donors (Lipinski definition) is 3. The summed E-state index contributed by atoms with van der Waals surface area (Å²) in [6, 6.07) is 0. The fraction of sp³-hybridized carbons (Fsp3) is 0.939. The van der Waals surface area contributed by atoms with E-state index >= 15 is 0 Å². The number of aliphatic hydroxyl groups excluding tert-OH is 1. The van der Waals surface area contributed by atoms with Crippen LogP contribution in [-0.4, -0.2) is 96.7 Å². The maximum absolute atomic E-state index is 13.0. The predicted molar refractivity (Wildman–Crippen MR) is 340 cm³/mol. The van der Waals surface area contributed by atoms with Gasteiger partial charge in [-0.15, -0.1) is 0 Å². The molecule has 0 aliphatic heterocycles. The molecule has 0 heterocycles. The first-order chi connectivity index (χ1) is 40.9. The van der Waals surface area contributed by atoms with E-state index in [4.69, 9.17) is 37.0 Å². The average molecular weight is 1260 g/mol. The number of ether oxygens (including phenoxy) is 4. The molecule has 0 aliphatic rings. The van der Waals surface area contributed by atoms with Crippen LogP contribution in [0.2, 0.25) is 0 Å². The summed E-state index contributed by atoms with van der Waals surface area (Å²) in [7, 11) is -9.89. The van der Waals surface area contributed by atoms with Crippen LogP contribution in [0.3, 0.4) is 0 Å². The molecule has 17 nitrogen and oxygen atoms in total. The number of hydrogen-bond acceptors (Lipinski definition) is 15. The summed E-state index contributed by atoms with van der Waals surface area (Å²) in [6.07, 6.45) is 41.6. The SMILES string of the molecule is CCCCCCCCCCCCCC(=O)OC[C@H](COP(=O)(O)OC[C@H](O)COP(=O)(O)OC[C@@H](COC(=O)CCCCCCCCCCC(C)C)OC(=O)CCCCCCCCCCCC(C)C)OC(=O)CCCCCCCCCCCCC. The Labute approximate surface area is 517 Å².